The zero-order valence-electron chi connectivity index (χ0n) is 17.7. The lowest BCUT2D eigenvalue weighted by Gasteiger charge is -2.37. The Balaban J connectivity index is 1.76. The summed E-state index contributed by atoms with van der Waals surface area (Å²) in [5.74, 6) is 0.917. The number of hydrogen-bond acceptors (Lipinski definition) is 4. The SMILES string of the molecule is CC(=O)N1CCN(c2c(Cl)cccc2NC(=O)c2cccc(OCC(C)C)c2)CC1. The van der Waals surface area contributed by atoms with Crippen LogP contribution in [0.3, 0.4) is 0 Å². The van der Waals surface area contributed by atoms with Gasteiger partial charge in [0.2, 0.25) is 5.91 Å². The molecular weight excluding hydrogens is 402 g/mol. The molecular formula is C23H28ClN3O3. The molecule has 0 saturated carbocycles. The number of nitrogens with zero attached hydrogens (tertiary/aromatic N) is 2. The van der Waals surface area contributed by atoms with Crippen LogP contribution in [0.25, 0.3) is 0 Å². The Morgan fingerprint density at radius 2 is 1.80 bits per heavy atom. The largest absolute Gasteiger partial charge is 0.493 e. The highest BCUT2D eigenvalue weighted by Crippen LogP contribution is 2.35. The fraction of sp³-hybridized carbons (Fsp3) is 0.391. The van der Waals surface area contributed by atoms with E-state index in [1.54, 1.807) is 19.1 Å². The van der Waals surface area contributed by atoms with Crippen LogP contribution in [0.5, 0.6) is 5.75 Å². The second-order valence-corrected chi connectivity index (χ2v) is 8.22. The van der Waals surface area contributed by atoms with Crippen molar-refractivity contribution in [2.24, 2.45) is 5.92 Å². The molecule has 6 nitrogen and oxygen atoms in total. The third-order valence-electron chi connectivity index (χ3n) is 4.96. The van der Waals surface area contributed by atoms with E-state index in [1.807, 2.05) is 35.2 Å². The summed E-state index contributed by atoms with van der Waals surface area (Å²) in [5.41, 5.74) is 1.95. The molecule has 160 valence electrons. The lowest BCUT2D eigenvalue weighted by atomic mass is 10.1. The minimum atomic E-state index is -0.226. The van der Waals surface area contributed by atoms with Crippen molar-refractivity contribution in [3.8, 4) is 5.75 Å². The molecule has 1 N–H and O–H groups in total. The highest BCUT2D eigenvalue weighted by molar-refractivity contribution is 6.34. The van der Waals surface area contributed by atoms with Gasteiger partial charge in [0.05, 0.1) is 23.0 Å². The number of benzene rings is 2. The minimum Gasteiger partial charge on any atom is -0.493 e. The van der Waals surface area contributed by atoms with Gasteiger partial charge >= 0.3 is 0 Å². The predicted molar refractivity (Wildman–Crippen MR) is 121 cm³/mol. The first-order valence-corrected chi connectivity index (χ1v) is 10.6. The van der Waals surface area contributed by atoms with Crippen molar-refractivity contribution < 1.29 is 14.3 Å². The van der Waals surface area contributed by atoms with Crippen LogP contribution in [0, 0.1) is 5.92 Å². The molecule has 7 heteroatoms. The second kappa shape index (κ2) is 9.85. The van der Waals surface area contributed by atoms with Crippen molar-refractivity contribution in [3.05, 3.63) is 53.1 Å². The zero-order valence-corrected chi connectivity index (χ0v) is 18.4. The first-order chi connectivity index (χ1) is 14.3. The summed E-state index contributed by atoms with van der Waals surface area (Å²) in [6.45, 7) is 8.90. The van der Waals surface area contributed by atoms with E-state index in [9.17, 15) is 9.59 Å². The predicted octanol–water partition coefficient (Wildman–Crippen LogP) is 4.30. The van der Waals surface area contributed by atoms with E-state index in [-0.39, 0.29) is 11.8 Å². The summed E-state index contributed by atoms with van der Waals surface area (Å²) < 4.78 is 5.73. The number of halogens is 1. The molecule has 0 atom stereocenters. The van der Waals surface area contributed by atoms with Crippen molar-refractivity contribution in [3.63, 3.8) is 0 Å². The molecule has 1 aliphatic rings. The van der Waals surface area contributed by atoms with Crippen LogP contribution in [0.4, 0.5) is 11.4 Å². The lowest BCUT2D eigenvalue weighted by Crippen LogP contribution is -2.48. The van der Waals surface area contributed by atoms with E-state index in [2.05, 4.69) is 24.1 Å². The molecule has 0 radical (unpaired) electrons. The van der Waals surface area contributed by atoms with E-state index in [0.717, 1.165) is 5.69 Å². The Bertz CT molecular complexity index is 908. The fourth-order valence-corrected chi connectivity index (χ4v) is 3.66. The summed E-state index contributed by atoms with van der Waals surface area (Å²) >= 11 is 6.49. The molecule has 2 aromatic rings. The van der Waals surface area contributed by atoms with Crippen molar-refractivity contribution >= 4 is 34.8 Å². The molecule has 0 spiro atoms. The van der Waals surface area contributed by atoms with Crippen molar-refractivity contribution in [1.82, 2.24) is 4.90 Å². The van der Waals surface area contributed by atoms with Crippen molar-refractivity contribution in [2.45, 2.75) is 20.8 Å². The molecule has 1 heterocycles. The van der Waals surface area contributed by atoms with E-state index >= 15 is 0 Å². The van der Waals surface area contributed by atoms with E-state index < -0.39 is 0 Å². The normalized spacial score (nSPS) is 14.0. The maximum absolute atomic E-state index is 12.9. The van der Waals surface area contributed by atoms with Crippen LogP contribution < -0.4 is 15.0 Å². The molecule has 0 aromatic heterocycles. The number of hydrogen-bond donors (Lipinski definition) is 1. The van der Waals surface area contributed by atoms with Crippen LogP contribution in [0.1, 0.15) is 31.1 Å². The molecule has 1 fully saturated rings. The summed E-state index contributed by atoms with van der Waals surface area (Å²) in [6.07, 6.45) is 0. The number of amides is 2. The number of piperazine rings is 1. The maximum atomic E-state index is 12.9. The summed E-state index contributed by atoms with van der Waals surface area (Å²) in [4.78, 5) is 28.4. The van der Waals surface area contributed by atoms with Gasteiger partial charge in [-0.2, -0.15) is 0 Å². The Labute approximate surface area is 182 Å². The molecule has 2 aromatic carbocycles. The van der Waals surface area contributed by atoms with Gasteiger partial charge in [0.15, 0.2) is 0 Å². The summed E-state index contributed by atoms with van der Waals surface area (Å²) in [7, 11) is 0. The lowest BCUT2D eigenvalue weighted by molar-refractivity contribution is -0.129. The van der Waals surface area contributed by atoms with E-state index in [4.69, 9.17) is 16.3 Å². The number of carbonyl (C=O) groups excluding carboxylic acids is 2. The monoisotopic (exact) mass is 429 g/mol. The van der Waals surface area contributed by atoms with Gasteiger partial charge in [-0.05, 0) is 36.2 Å². The summed E-state index contributed by atoms with van der Waals surface area (Å²) in [5, 5.41) is 3.56. The number of para-hydroxylation sites is 1. The van der Waals surface area contributed by atoms with Gasteiger partial charge < -0.3 is 19.9 Å². The number of anilines is 2. The molecule has 0 bridgehead atoms. The van der Waals surface area contributed by atoms with Crippen LogP contribution in [0.2, 0.25) is 5.02 Å². The smallest absolute Gasteiger partial charge is 0.255 e. The topological polar surface area (TPSA) is 61.9 Å². The van der Waals surface area contributed by atoms with Crippen molar-refractivity contribution in [1.29, 1.82) is 0 Å². The Morgan fingerprint density at radius 3 is 2.47 bits per heavy atom. The van der Waals surface area contributed by atoms with Gasteiger partial charge in [0, 0.05) is 38.7 Å². The number of ether oxygens (including phenoxy) is 1. The quantitative estimate of drug-likeness (QED) is 0.743. The van der Waals surface area contributed by atoms with Gasteiger partial charge in [-0.1, -0.05) is 37.6 Å². The van der Waals surface area contributed by atoms with Gasteiger partial charge in [-0.25, -0.2) is 0 Å². The first-order valence-electron chi connectivity index (χ1n) is 10.2. The number of rotatable bonds is 6. The van der Waals surface area contributed by atoms with E-state index in [1.165, 1.54) is 0 Å². The Kier molecular flexibility index (Phi) is 7.21. The fourth-order valence-electron chi connectivity index (χ4n) is 3.37. The van der Waals surface area contributed by atoms with Gasteiger partial charge in [0.1, 0.15) is 5.75 Å². The first kappa shape index (κ1) is 22.0. The van der Waals surface area contributed by atoms with Gasteiger partial charge in [-0.3, -0.25) is 9.59 Å². The Morgan fingerprint density at radius 1 is 1.10 bits per heavy atom. The third-order valence-corrected chi connectivity index (χ3v) is 5.26. The third kappa shape index (κ3) is 5.45. The average molecular weight is 430 g/mol. The molecule has 0 aliphatic carbocycles. The minimum absolute atomic E-state index is 0.0712. The molecule has 1 saturated heterocycles. The Hall–Kier alpha value is -2.73. The molecule has 3 rings (SSSR count). The van der Waals surface area contributed by atoms with Crippen LogP contribution in [-0.2, 0) is 4.79 Å². The standard InChI is InChI=1S/C23H28ClN3O3/c1-16(2)15-30-19-7-4-6-18(14-19)23(29)25-21-9-5-8-20(24)22(21)27-12-10-26(11-13-27)17(3)28/h4-9,14,16H,10-13,15H2,1-3H3,(H,25,29). The van der Waals surface area contributed by atoms with Gasteiger partial charge in [0.25, 0.3) is 5.91 Å². The average Bonchev–Trinajstić information content (AvgIpc) is 2.72. The molecule has 1 aliphatic heterocycles. The van der Waals surface area contributed by atoms with Gasteiger partial charge in [-0.15, -0.1) is 0 Å². The van der Waals surface area contributed by atoms with Crippen LogP contribution >= 0.6 is 11.6 Å². The van der Waals surface area contributed by atoms with E-state index in [0.29, 0.717) is 60.7 Å². The zero-order chi connectivity index (χ0) is 21.7. The number of carbonyl (C=O) groups is 2. The maximum Gasteiger partial charge on any atom is 0.255 e. The highest BCUT2D eigenvalue weighted by Gasteiger charge is 2.23. The van der Waals surface area contributed by atoms with Crippen molar-refractivity contribution in [2.75, 3.05) is 43.0 Å². The summed E-state index contributed by atoms with van der Waals surface area (Å²) in [6, 6.07) is 12.6. The molecule has 0 unspecified atom stereocenters. The highest BCUT2D eigenvalue weighted by atomic mass is 35.5. The number of nitrogens with one attached hydrogen (secondary N) is 1. The molecule has 30 heavy (non-hydrogen) atoms. The van der Waals surface area contributed by atoms with Crippen LogP contribution in [0.15, 0.2) is 42.5 Å². The van der Waals surface area contributed by atoms with Crippen LogP contribution in [-0.4, -0.2) is 49.5 Å². The second-order valence-electron chi connectivity index (χ2n) is 7.82. The molecule has 2 amide bonds.